The van der Waals surface area contributed by atoms with Gasteiger partial charge in [0.15, 0.2) is 0 Å². The topological polar surface area (TPSA) is 112 Å². The number of nitrogens with zero attached hydrogens (tertiary/aromatic N) is 3. The number of carbonyl (C=O) groups excluding carboxylic acids is 2. The largest absolute Gasteiger partial charge is 0.477 e. The molecule has 4 heterocycles. The van der Waals surface area contributed by atoms with Crippen molar-refractivity contribution in [2.75, 3.05) is 5.75 Å². The highest BCUT2D eigenvalue weighted by atomic mass is 32.2. The molecular formula is C19H16N4O4S2. The van der Waals surface area contributed by atoms with Gasteiger partial charge in [0.1, 0.15) is 17.1 Å². The second kappa shape index (κ2) is 8.18. The summed E-state index contributed by atoms with van der Waals surface area (Å²) in [7, 11) is 0. The first kappa shape index (κ1) is 19.3. The van der Waals surface area contributed by atoms with Crippen molar-refractivity contribution in [2.45, 2.75) is 17.8 Å². The summed E-state index contributed by atoms with van der Waals surface area (Å²) in [5.41, 5.74) is 1.05. The third-order valence-corrected chi connectivity index (χ3v) is 6.65. The molecule has 1 unspecified atom stereocenters. The Balaban J connectivity index is 1.49. The number of carboxylic acids is 1. The van der Waals surface area contributed by atoms with Crippen LogP contribution in [-0.4, -0.2) is 54.9 Å². The van der Waals surface area contributed by atoms with E-state index in [0.29, 0.717) is 17.0 Å². The summed E-state index contributed by atoms with van der Waals surface area (Å²) in [6.07, 6.45) is 8.16. The van der Waals surface area contributed by atoms with Crippen LogP contribution in [0.5, 0.6) is 0 Å². The Hall–Kier alpha value is -2.98. The number of thioether (sulfide) groups is 1. The lowest BCUT2D eigenvalue weighted by Gasteiger charge is -2.49. The van der Waals surface area contributed by atoms with Crippen LogP contribution in [-0.2, 0) is 20.8 Å². The summed E-state index contributed by atoms with van der Waals surface area (Å²) in [4.78, 5) is 46.9. The highest BCUT2D eigenvalue weighted by molar-refractivity contribution is 8.00. The van der Waals surface area contributed by atoms with E-state index < -0.39 is 23.3 Å². The second-order valence-electron chi connectivity index (χ2n) is 6.35. The molecule has 8 nitrogen and oxygen atoms in total. The van der Waals surface area contributed by atoms with Gasteiger partial charge in [-0.25, -0.2) is 4.79 Å². The summed E-state index contributed by atoms with van der Waals surface area (Å²) < 4.78 is 0. The number of β-lactam (4-membered cyclic amide) rings is 1. The monoisotopic (exact) mass is 428 g/mol. The smallest absolute Gasteiger partial charge is 0.352 e. The Morgan fingerprint density at radius 3 is 2.90 bits per heavy atom. The molecule has 4 rings (SSSR count). The summed E-state index contributed by atoms with van der Waals surface area (Å²) in [5.74, 6) is -1.43. The van der Waals surface area contributed by atoms with Gasteiger partial charge in [0.2, 0.25) is 5.91 Å². The standard InChI is InChI=1S/C19H16N4O4S2/c24-14(8-13-2-1-7-28-13)22-15-17(25)23-16(19(26)27)11(10-29-18(15)23)3-4-12-9-20-5-6-21-12/h1-7,9,15,18H,8,10H2,(H,22,24)(H,26,27)/b4-3+/t15?,18-/m1/s1. The van der Waals surface area contributed by atoms with Gasteiger partial charge < -0.3 is 10.4 Å². The van der Waals surface area contributed by atoms with Gasteiger partial charge in [-0.15, -0.1) is 23.1 Å². The normalized spacial score (nSPS) is 21.1. The lowest BCUT2D eigenvalue weighted by molar-refractivity contribution is -0.150. The molecule has 2 aromatic rings. The molecule has 29 heavy (non-hydrogen) atoms. The maximum absolute atomic E-state index is 12.6. The summed E-state index contributed by atoms with van der Waals surface area (Å²) in [6.45, 7) is 0. The van der Waals surface area contributed by atoms with E-state index in [9.17, 15) is 19.5 Å². The number of nitrogens with one attached hydrogen (secondary N) is 1. The Morgan fingerprint density at radius 2 is 2.21 bits per heavy atom. The molecule has 0 spiro atoms. The molecule has 1 saturated heterocycles. The molecule has 148 valence electrons. The minimum absolute atomic E-state index is 0.0531. The fraction of sp³-hybridized carbons (Fsp3) is 0.211. The van der Waals surface area contributed by atoms with Gasteiger partial charge in [-0.2, -0.15) is 0 Å². The van der Waals surface area contributed by atoms with Crippen LogP contribution < -0.4 is 5.32 Å². The number of allylic oxidation sites excluding steroid dienone is 1. The van der Waals surface area contributed by atoms with Crippen LogP contribution in [0.15, 0.2) is 53.4 Å². The fourth-order valence-corrected chi connectivity index (χ4v) is 5.17. The first-order valence-electron chi connectivity index (χ1n) is 8.71. The molecule has 2 aromatic heterocycles. The number of carboxylic acid groups (broad SMARTS) is 1. The number of amides is 2. The SMILES string of the molecule is O=C(Cc1cccs1)NC1C(=O)N2C(C(=O)O)=C(/C=C/c3cnccn3)CS[C@H]12. The molecule has 0 aromatic carbocycles. The number of thiophene rings is 1. The Morgan fingerprint density at radius 1 is 1.34 bits per heavy atom. The van der Waals surface area contributed by atoms with E-state index in [0.717, 1.165) is 4.88 Å². The molecule has 2 aliphatic rings. The molecule has 0 radical (unpaired) electrons. The van der Waals surface area contributed by atoms with Crippen LogP contribution in [0.25, 0.3) is 6.08 Å². The van der Waals surface area contributed by atoms with Crippen LogP contribution in [0, 0.1) is 0 Å². The van der Waals surface area contributed by atoms with Crippen molar-refractivity contribution in [2.24, 2.45) is 0 Å². The van der Waals surface area contributed by atoms with Crippen LogP contribution in [0.1, 0.15) is 10.6 Å². The van der Waals surface area contributed by atoms with Gasteiger partial charge in [0.05, 0.1) is 18.3 Å². The van der Waals surface area contributed by atoms with Gasteiger partial charge in [-0.3, -0.25) is 24.5 Å². The number of hydrogen-bond donors (Lipinski definition) is 2. The molecule has 0 aliphatic carbocycles. The zero-order valence-corrected chi connectivity index (χ0v) is 16.7. The van der Waals surface area contributed by atoms with Crippen LogP contribution >= 0.6 is 23.1 Å². The van der Waals surface area contributed by atoms with E-state index in [4.69, 9.17) is 0 Å². The fourth-order valence-electron chi connectivity index (χ4n) is 3.15. The number of hydrogen-bond acceptors (Lipinski definition) is 7. The zero-order chi connectivity index (χ0) is 20.4. The van der Waals surface area contributed by atoms with Gasteiger partial charge in [0.25, 0.3) is 5.91 Å². The Bertz CT molecular complexity index is 1000. The lowest BCUT2D eigenvalue weighted by atomic mass is 10.0. The van der Waals surface area contributed by atoms with E-state index in [1.165, 1.54) is 28.0 Å². The maximum atomic E-state index is 12.6. The second-order valence-corrected chi connectivity index (χ2v) is 8.49. The van der Waals surface area contributed by atoms with E-state index in [-0.39, 0.29) is 18.0 Å². The summed E-state index contributed by atoms with van der Waals surface area (Å²) >= 11 is 2.90. The maximum Gasteiger partial charge on any atom is 0.352 e. The van der Waals surface area contributed by atoms with Crippen molar-refractivity contribution in [3.8, 4) is 0 Å². The molecule has 2 N–H and O–H groups in total. The van der Waals surface area contributed by atoms with Crippen molar-refractivity contribution in [3.63, 3.8) is 0 Å². The average Bonchev–Trinajstić information content (AvgIpc) is 3.23. The molecule has 2 atom stereocenters. The highest BCUT2D eigenvalue weighted by Crippen LogP contribution is 2.40. The first-order valence-corrected chi connectivity index (χ1v) is 10.6. The number of rotatable bonds is 6. The minimum atomic E-state index is -1.18. The predicted molar refractivity (Wildman–Crippen MR) is 109 cm³/mol. The first-order chi connectivity index (χ1) is 14.0. The van der Waals surface area contributed by atoms with Crippen molar-refractivity contribution in [1.82, 2.24) is 20.2 Å². The highest BCUT2D eigenvalue weighted by Gasteiger charge is 2.53. The number of aromatic nitrogens is 2. The van der Waals surface area contributed by atoms with Crippen LogP contribution in [0.2, 0.25) is 0 Å². The lowest BCUT2D eigenvalue weighted by Crippen LogP contribution is -2.70. The number of carbonyl (C=O) groups is 3. The van der Waals surface area contributed by atoms with Gasteiger partial charge >= 0.3 is 5.97 Å². The average molecular weight is 428 g/mol. The quantitative estimate of drug-likeness (QED) is 0.671. The summed E-state index contributed by atoms with van der Waals surface area (Å²) in [5, 5.41) is 13.9. The van der Waals surface area contributed by atoms with Crippen LogP contribution in [0.3, 0.4) is 0 Å². The van der Waals surface area contributed by atoms with Crippen LogP contribution in [0.4, 0.5) is 0 Å². The van der Waals surface area contributed by atoms with Crippen molar-refractivity contribution < 1.29 is 19.5 Å². The Kier molecular flexibility index (Phi) is 5.45. The van der Waals surface area contributed by atoms with E-state index in [1.807, 2.05) is 17.5 Å². The van der Waals surface area contributed by atoms with E-state index in [2.05, 4.69) is 15.3 Å². The number of fused-ring (bicyclic) bond motifs is 1. The van der Waals surface area contributed by atoms with Gasteiger partial charge in [-0.05, 0) is 23.1 Å². The number of aliphatic carboxylic acids is 1. The molecule has 0 bridgehead atoms. The zero-order valence-electron chi connectivity index (χ0n) is 15.0. The molecule has 2 amide bonds. The van der Waals surface area contributed by atoms with Crippen molar-refractivity contribution in [3.05, 3.63) is 64.0 Å². The molecule has 2 aliphatic heterocycles. The Labute approximate surface area is 174 Å². The van der Waals surface area contributed by atoms with E-state index >= 15 is 0 Å². The molecule has 0 saturated carbocycles. The third-order valence-electron chi connectivity index (χ3n) is 4.47. The summed E-state index contributed by atoms with van der Waals surface area (Å²) in [6, 6.07) is 3.00. The van der Waals surface area contributed by atoms with Gasteiger partial charge in [0, 0.05) is 23.0 Å². The van der Waals surface area contributed by atoms with Crippen molar-refractivity contribution in [1.29, 1.82) is 0 Å². The van der Waals surface area contributed by atoms with Gasteiger partial charge in [-0.1, -0.05) is 12.1 Å². The molecule has 10 heteroatoms. The minimum Gasteiger partial charge on any atom is -0.477 e. The van der Waals surface area contributed by atoms with E-state index in [1.54, 1.807) is 30.7 Å². The molecule has 1 fully saturated rings. The predicted octanol–water partition coefficient (Wildman–Crippen LogP) is 1.53. The molecular weight excluding hydrogens is 412 g/mol. The third kappa shape index (κ3) is 3.94. The van der Waals surface area contributed by atoms with Crippen molar-refractivity contribution >= 4 is 47.0 Å².